The molecule has 2 amide bonds. The van der Waals surface area contributed by atoms with Crippen LogP contribution in [0.5, 0.6) is 5.75 Å². The number of ether oxygens (including phenoxy) is 1. The Bertz CT molecular complexity index is 796. The average Bonchev–Trinajstić information content (AvgIpc) is 2.65. The highest BCUT2D eigenvalue weighted by Gasteiger charge is 2.13. The predicted octanol–water partition coefficient (Wildman–Crippen LogP) is 3.72. The van der Waals surface area contributed by atoms with Crippen LogP contribution in [0.4, 0.5) is 20.2 Å². The summed E-state index contributed by atoms with van der Waals surface area (Å²) in [5.74, 6) is -0.261. The summed E-state index contributed by atoms with van der Waals surface area (Å²) in [6.45, 7) is 1.57. The Kier molecular flexibility index (Phi) is 7.74. The van der Waals surface area contributed by atoms with Gasteiger partial charge in [0.15, 0.2) is 0 Å². The van der Waals surface area contributed by atoms with Gasteiger partial charge in [0.25, 0.3) is 5.91 Å². The summed E-state index contributed by atoms with van der Waals surface area (Å²) in [6.07, 6.45) is 0. The molecule has 150 valence electrons. The van der Waals surface area contributed by atoms with Gasteiger partial charge in [0, 0.05) is 12.2 Å². The smallest absolute Gasteiger partial charge is 0.387 e. The number of para-hydroxylation sites is 1. The number of halogens is 2. The van der Waals surface area contributed by atoms with E-state index in [1.54, 1.807) is 24.3 Å². The van der Waals surface area contributed by atoms with Crippen LogP contribution in [0.3, 0.4) is 0 Å². The van der Waals surface area contributed by atoms with E-state index in [0.717, 1.165) is 0 Å². The van der Waals surface area contributed by atoms with Gasteiger partial charge in [0.05, 0.1) is 17.8 Å². The zero-order chi connectivity index (χ0) is 20.5. The number of alkyl halides is 2. The maximum Gasteiger partial charge on any atom is 0.387 e. The van der Waals surface area contributed by atoms with Crippen LogP contribution in [-0.2, 0) is 4.79 Å². The summed E-state index contributed by atoms with van der Waals surface area (Å²) in [6, 6.07) is 12.5. The van der Waals surface area contributed by atoms with Gasteiger partial charge in [0.1, 0.15) is 5.75 Å². The average molecular weight is 391 g/mol. The van der Waals surface area contributed by atoms with E-state index in [1.165, 1.54) is 24.3 Å². The van der Waals surface area contributed by atoms with Crippen LogP contribution in [0.2, 0.25) is 0 Å². The van der Waals surface area contributed by atoms with Crippen molar-refractivity contribution < 1.29 is 23.1 Å². The molecule has 0 saturated carbocycles. The number of amides is 2. The van der Waals surface area contributed by atoms with Gasteiger partial charge in [-0.05, 0) is 42.3 Å². The molecule has 0 spiro atoms. The third kappa shape index (κ3) is 6.86. The molecule has 0 radical (unpaired) electrons. The summed E-state index contributed by atoms with van der Waals surface area (Å²) in [4.78, 5) is 24.5. The summed E-state index contributed by atoms with van der Waals surface area (Å²) in [5.41, 5.74) is 1.36. The predicted molar refractivity (Wildman–Crippen MR) is 104 cm³/mol. The summed E-state index contributed by atoms with van der Waals surface area (Å²) in [5, 5.41) is 8.40. The molecule has 0 aliphatic rings. The number of hydrogen-bond acceptors (Lipinski definition) is 4. The number of hydrogen-bond donors (Lipinski definition) is 3. The molecular formula is C20H23F2N3O3. The van der Waals surface area contributed by atoms with E-state index < -0.39 is 6.61 Å². The molecule has 0 aromatic heterocycles. The third-order valence-corrected chi connectivity index (χ3v) is 3.65. The molecule has 2 rings (SSSR count). The second-order valence-electron chi connectivity index (χ2n) is 6.45. The Morgan fingerprint density at radius 1 is 1.04 bits per heavy atom. The number of carbonyl (C=O) groups excluding carboxylic acids is 2. The molecule has 0 fully saturated rings. The minimum absolute atomic E-state index is 0.0336. The van der Waals surface area contributed by atoms with Gasteiger partial charge in [0.2, 0.25) is 5.91 Å². The minimum Gasteiger partial charge on any atom is -0.435 e. The fraction of sp³-hybridized carbons (Fsp3) is 0.300. The molecule has 2 aromatic carbocycles. The first-order valence-electron chi connectivity index (χ1n) is 8.81. The standard InChI is InChI=1S/C20H23F2N3O3/c1-13(2)11-24-19(27)16-5-3-4-6-17(16)25-18(26)12-23-14-7-9-15(10-8-14)28-20(21)22/h3-10,13,20,23H,11-12H2,1-2H3,(H,24,27)(H,25,26). The molecule has 0 heterocycles. The van der Waals surface area contributed by atoms with Gasteiger partial charge in [-0.2, -0.15) is 8.78 Å². The molecule has 2 aromatic rings. The van der Waals surface area contributed by atoms with E-state index >= 15 is 0 Å². The van der Waals surface area contributed by atoms with Crippen molar-refractivity contribution in [1.82, 2.24) is 5.32 Å². The largest absolute Gasteiger partial charge is 0.435 e. The molecule has 0 atom stereocenters. The van der Waals surface area contributed by atoms with Crippen molar-refractivity contribution in [2.24, 2.45) is 5.92 Å². The molecule has 8 heteroatoms. The Balaban J connectivity index is 1.92. The van der Waals surface area contributed by atoms with Crippen molar-refractivity contribution in [3.05, 3.63) is 54.1 Å². The number of carbonyl (C=O) groups is 2. The van der Waals surface area contributed by atoms with Crippen molar-refractivity contribution in [3.63, 3.8) is 0 Å². The van der Waals surface area contributed by atoms with E-state index in [0.29, 0.717) is 29.4 Å². The minimum atomic E-state index is -2.89. The van der Waals surface area contributed by atoms with Crippen molar-refractivity contribution in [1.29, 1.82) is 0 Å². The van der Waals surface area contributed by atoms with E-state index in [1.807, 2.05) is 13.8 Å². The van der Waals surface area contributed by atoms with Gasteiger partial charge < -0.3 is 20.7 Å². The second kappa shape index (κ2) is 10.2. The Morgan fingerprint density at radius 3 is 2.36 bits per heavy atom. The van der Waals surface area contributed by atoms with Gasteiger partial charge in [-0.25, -0.2) is 0 Å². The molecule has 0 saturated heterocycles. The van der Waals surface area contributed by atoms with Crippen LogP contribution in [0.15, 0.2) is 48.5 Å². The Morgan fingerprint density at radius 2 is 1.71 bits per heavy atom. The highest BCUT2D eigenvalue weighted by molar-refractivity contribution is 6.04. The molecule has 3 N–H and O–H groups in total. The van der Waals surface area contributed by atoms with Gasteiger partial charge >= 0.3 is 6.61 Å². The fourth-order valence-electron chi connectivity index (χ4n) is 2.31. The molecule has 28 heavy (non-hydrogen) atoms. The first-order valence-corrected chi connectivity index (χ1v) is 8.81. The zero-order valence-electron chi connectivity index (χ0n) is 15.7. The zero-order valence-corrected chi connectivity index (χ0v) is 15.7. The van der Waals surface area contributed by atoms with Gasteiger partial charge in [-0.1, -0.05) is 26.0 Å². The Labute approximate surface area is 162 Å². The summed E-state index contributed by atoms with van der Waals surface area (Å²) < 4.78 is 28.5. The van der Waals surface area contributed by atoms with Crippen LogP contribution >= 0.6 is 0 Å². The first kappa shape index (κ1) is 21.1. The lowest BCUT2D eigenvalue weighted by atomic mass is 10.1. The van der Waals surface area contributed by atoms with Gasteiger partial charge in [-0.15, -0.1) is 0 Å². The first-order chi connectivity index (χ1) is 13.3. The SMILES string of the molecule is CC(C)CNC(=O)c1ccccc1NC(=O)CNc1ccc(OC(F)F)cc1. The molecule has 0 bridgehead atoms. The highest BCUT2D eigenvalue weighted by atomic mass is 19.3. The third-order valence-electron chi connectivity index (χ3n) is 3.65. The molecule has 0 aliphatic heterocycles. The van der Waals surface area contributed by atoms with E-state index in [2.05, 4.69) is 20.7 Å². The molecule has 0 unspecified atom stereocenters. The van der Waals surface area contributed by atoms with Crippen molar-refractivity contribution in [3.8, 4) is 5.75 Å². The lowest BCUT2D eigenvalue weighted by Crippen LogP contribution is -2.29. The number of rotatable bonds is 9. The maximum atomic E-state index is 12.3. The normalized spacial score (nSPS) is 10.6. The maximum absolute atomic E-state index is 12.3. The molecule has 0 aliphatic carbocycles. The van der Waals surface area contributed by atoms with Crippen LogP contribution in [0.1, 0.15) is 24.2 Å². The second-order valence-corrected chi connectivity index (χ2v) is 6.45. The Hall–Kier alpha value is -3.16. The lowest BCUT2D eigenvalue weighted by Gasteiger charge is -2.13. The quantitative estimate of drug-likeness (QED) is 0.609. The van der Waals surface area contributed by atoms with E-state index in [9.17, 15) is 18.4 Å². The van der Waals surface area contributed by atoms with Crippen LogP contribution < -0.4 is 20.7 Å². The highest BCUT2D eigenvalue weighted by Crippen LogP contribution is 2.18. The van der Waals surface area contributed by atoms with Gasteiger partial charge in [-0.3, -0.25) is 9.59 Å². The molecule has 6 nitrogen and oxygen atoms in total. The van der Waals surface area contributed by atoms with E-state index in [-0.39, 0.29) is 24.1 Å². The number of nitrogens with one attached hydrogen (secondary N) is 3. The molecular weight excluding hydrogens is 368 g/mol. The lowest BCUT2D eigenvalue weighted by molar-refractivity contribution is -0.114. The van der Waals surface area contributed by atoms with Crippen LogP contribution in [0, 0.1) is 5.92 Å². The van der Waals surface area contributed by atoms with Crippen molar-refractivity contribution >= 4 is 23.2 Å². The summed E-state index contributed by atoms with van der Waals surface area (Å²) >= 11 is 0. The summed E-state index contributed by atoms with van der Waals surface area (Å²) in [7, 11) is 0. The fourth-order valence-corrected chi connectivity index (χ4v) is 2.31. The number of anilines is 2. The van der Waals surface area contributed by atoms with Crippen LogP contribution in [0.25, 0.3) is 0 Å². The van der Waals surface area contributed by atoms with Crippen molar-refractivity contribution in [2.45, 2.75) is 20.5 Å². The monoisotopic (exact) mass is 391 g/mol. The van der Waals surface area contributed by atoms with Crippen molar-refractivity contribution in [2.75, 3.05) is 23.7 Å². The van der Waals surface area contributed by atoms with Crippen LogP contribution in [-0.4, -0.2) is 31.5 Å². The number of benzene rings is 2. The topological polar surface area (TPSA) is 79.5 Å². The van der Waals surface area contributed by atoms with E-state index in [4.69, 9.17) is 0 Å².